The van der Waals surface area contributed by atoms with E-state index in [1.807, 2.05) is 12.1 Å². The first-order chi connectivity index (χ1) is 10.1. The number of hydrogen-bond donors (Lipinski definition) is 2. The third kappa shape index (κ3) is 3.58. The van der Waals surface area contributed by atoms with Crippen molar-refractivity contribution < 1.29 is 4.79 Å². The summed E-state index contributed by atoms with van der Waals surface area (Å²) >= 11 is 5.83. The highest BCUT2D eigenvalue weighted by atomic mass is 35.5. The van der Waals surface area contributed by atoms with Crippen molar-refractivity contribution in [2.45, 2.75) is 38.6 Å². The van der Waals surface area contributed by atoms with Gasteiger partial charge in [0.25, 0.3) is 0 Å². The summed E-state index contributed by atoms with van der Waals surface area (Å²) < 4.78 is 0. The van der Waals surface area contributed by atoms with E-state index in [1.54, 1.807) is 12.1 Å². The first-order valence-corrected chi connectivity index (χ1v) is 8.28. The number of amides is 1. The van der Waals surface area contributed by atoms with E-state index >= 15 is 0 Å². The molecule has 4 heteroatoms. The Morgan fingerprint density at radius 3 is 2.67 bits per heavy atom. The number of carbonyl (C=O) groups excluding carboxylic acids is 1. The molecule has 0 spiro atoms. The van der Waals surface area contributed by atoms with E-state index in [2.05, 4.69) is 17.6 Å². The minimum atomic E-state index is 0.00679. The third-order valence-corrected chi connectivity index (χ3v) is 5.40. The summed E-state index contributed by atoms with van der Waals surface area (Å²) in [4.78, 5) is 12.0. The van der Waals surface area contributed by atoms with E-state index in [9.17, 15) is 4.79 Å². The number of anilines is 1. The molecule has 0 saturated heterocycles. The molecule has 4 unspecified atom stereocenters. The lowest BCUT2D eigenvalue weighted by Crippen LogP contribution is -2.40. The zero-order chi connectivity index (χ0) is 14.8. The fourth-order valence-electron chi connectivity index (χ4n) is 4.05. The molecule has 0 aliphatic heterocycles. The van der Waals surface area contributed by atoms with Crippen molar-refractivity contribution in [2.24, 2.45) is 17.8 Å². The Balaban J connectivity index is 1.44. The van der Waals surface area contributed by atoms with Crippen molar-refractivity contribution in [3.8, 4) is 0 Å². The molecule has 2 N–H and O–H groups in total. The molecule has 2 aliphatic carbocycles. The molecule has 4 atom stereocenters. The zero-order valence-electron chi connectivity index (χ0n) is 12.4. The van der Waals surface area contributed by atoms with E-state index in [4.69, 9.17) is 11.6 Å². The van der Waals surface area contributed by atoms with Crippen molar-refractivity contribution in [3.05, 3.63) is 29.3 Å². The first kappa shape index (κ1) is 14.9. The topological polar surface area (TPSA) is 41.1 Å². The Kier molecular flexibility index (Phi) is 4.51. The number of fused-ring (bicyclic) bond motifs is 2. The number of carbonyl (C=O) groups is 1. The van der Waals surface area contributed by atoms with Crippen LogP contribution in [-0.4, -0.2) is 18.5 Å². The molecule has 21 heavy (non-hydrogen) atoms. The van der Waals surface area contributed by atoms with Crippen molar-refractivity contribution in [2.75, 3.05) is 11.9 Å². The summed E-state index contributed by atoms with van der Waals surface area (Å²) in [6.45, 7) is 2.60. The molecule has 3 nitrogen and oxygen atoms in total. The van der Waals surface area contributed by atoms with Gasteiger partial charge in [-0.1, -0.05) is 18.0 Å². The van der Waals surface area contributed by atoms with Crippen LogP contribution in [-0.2, 0) is 4.79 Å². The smallest absolute Gasteiger partial charge is 0.238 e. The van der Waals surface area contributed by atoms with Gasteiger partial charge < -0.3 is 10.6 Å². The zero-order valence-corrected chi connectivity index (χ0v) is 13.2. The minimum Gasteiger partial charge on any atom is -0.325 e. The molecule has 0 radical (unpaired) electrons. The maximum absolute atomic E-state index is 12.0. The standard InChI is InChI=1S/C17H23ClN2O/c1-11(16-9-12-2-3-13(16)8-12)19-10-17(21)20-15-6-4-14(18)5-7-15/h4-7,11-13,16,19H,2-3,8-10H2,1H3,(H,20,21). The highest BCUT2D eigenvalue weighted by Crippen LogP contribution is 2.49. The number of halogens is 1. The summed E-state index contributed by atoms with van der Waals surface area (Å²) in [6, 6.07) is 7.63. The van der Waals surface area contributed by atoms with Crippen LogP contribution in [0.2, 0.25) is 5.02 Å². The molecule has 2 bridgehead atoms. The first-order valence-electron chi connectivity index (χ1n) is 7.90. The molecule has 114 valence electrons. The Bertz CT molecular complexity index is 502. The quantitative estimate of drug-likeness (QED) is 0.871. The van der Waals surface area contributed by atoms with Crippen LogP contribution in [0.1, 0.15) is 32.6 Å². The maximum Gasteiger partial charge on any atom is 0.238 e. The lowest BCUT2D eigenvalue weighted by Gasteiger charge is -2.28. The van der Waals surface area contributed by atoms with Crippen molar-refractivity contribution >= 4 is 23.2 Å². The van der Waals surface area contributed by atoms with Crippen LogP contribution >= 0.6 is 11.6 Å². The average Bonchev–Trinajstić information content (AvgIpc) is 3.10. The lowest BCUT2D eigenvalue weighted by atomic mass is 9.84. The molecule has 0 heterocycles. The van der Waals surface area contributed by atoms with E-state index in [1.165, 1.54) is 25.7 Å². The largest absolute Gasteiger partial charge is 0.325 e. The van der Waals surface area contributed by atoms with Crippen molar-refractivity contribution in [1.82, 2.24) is 5.32 Å². The van der Waals surface area contributed by atoms with Crippen LogP contribution in [0.3, 0.4) is 0 Å². The van der Waals surface area contributed by atoms with Gasteiger partial charge in [-0.25, -0.2) is 0 Å². The molecule has 1 aromatic rings. The summed E-state index contributed by atoms with van der Waals surface area (Å²) in [5.74, 6) is 2.60. The fraction of sp³-hybridized carbons (Fsp3) is 0.588. The second kappa shape index (κ2) is 6.37. The highest BCUT2D eigenvalue weighted by molar-refractivity contribution is 6.30. The molecule has 3 rings (SSSR count). The Hall–Kier alpha value is -1.06. The number of rotatable bonds is 5. The van der Waals surface area contributed by atoms with Crippen LogP contribution in [0.25, 0.3) is 0 Å². The molecule has 1 amide bonds. The Morgan fingerprint density at radius 2 is 2.05 bits per heavy atom. The summed E-state index contributed by atoms with van der Waals surface area (Å²) in [6.07, 6.45) is 5.56. The fourth-order valence-corrected chi connectivity index (χ4v) is 4.18. The van der Waals surface area contributed by atoms with Crippen LogP contribution in [0.15, 0.2) is 24.3 Å². The molecule has 2 saturated carbocycles. The van der Waals surface area contributed by atoms with Gasteiger partial charge >= 0.3 is 0 Å². The van der Waals surface area contributed by atoms with Gasteiger partial charge in [0.05, 0.1) is 6.54 Å². The lowest BCUT2D eigenvalue weighted by molar-refractivity contribution is -0.115. The monoisotopic (exact) mass is 306 g/mol. The van der Waals surface area contributed by atoms with E-state index in [0.29, 0.717) is 17.6 Å². The van der Waals surface area contributed by atoms with Gasteiger partial charge in [0.2, 0.25) is 5.91 Å². The van der Waals surface area contributed by atoms with Crippen LogP contribution in [0.4, 0.5) is 5.69 Å². The van der Waals surface area contributed by atoms with Gasteiger partial charge in [-0.3, -0.25) is 4.79 Å². The Morgan fingerprint density at radius 1 is 1.29 bits per heavy atom. The Labute approximate surface area is 131 Å². The molecule has 0 aromatic heterocycles. The van der Waals surface area contributed by atoms with Gasteiger partial charge in [-0.05, 0) is 68.2 Å². The summed E-state index contributed by atoms with van der Waals surface area (Å²) in [5, 5.41) is 6.97. The number of nitrogens with one attached hydrogen (secondary N) is 2. The van der Waals surface area contributed by atoms with Gasteiger partial charge in [0.15, 0.2) is 0 Å². The molecule has 2 fully saturated rings. The SMILES string of the molecule is CC(NCC(=O)Nc1ccc(Cl)cc1)C1CC2CCC1C2. The van der Waals surface area contributed by atoms with Gasteiger partial charge in [0.1, 0.15) is 0 Å². The van der Waals surface area contributed by atoms with E-state index in [0.717, 1.165) is 23.4 Å². The maximum atomic E-state index is 12.0. The third-order valence-electron chi connectivity index (χ3n) is 5.15. The average molecular weight is 307 g/mol. The molecule has 1 aromatic carbocycles. The van der Waals surface area contributed by atoms with Crippen molar-refractivity contribution in [1.29, 1.82) is 0 Å². The predicted molar refractivity (Wildman–Crippen MR) is 86.5 cm³/mol. The van der Waals surface area contributed by atoms with Gasteiger partial charge in [-0.2, -0.15) is 0 Å². The molecular formula is C17H23ClN2O. The number of benzene rings is 1. The predicted octanol–water partition coefficient (Wildman–Crippen LogP) is 3.69. The van der Waals surface area contributed by atoms with E-state index < -0.39 is 0 Å². The van der Waals surface area contributed by atoms with E-state index in [-0.39, 0.29) is 5.91 Å². The highest BCUT2D eigenvalue weighted by Gasteiger charge is 2.41. The molecular weight excluding hydrogens is 284 g/mol. The van der Waals surface area contributed by atoms with Crippen LogP contribution in [0.5, 0.6) is 0 Å². The van der Waals surface area contributed by atoms with Crippen molar-refractivity contribution in [3.63, 3.8) is 0 Å². The van der Waals surface area contributed by atoms with Crippen LogP contribution < -0.4 is 10.6 Å². The summed E-state index contributed by atoms with van der Waals surface area (Å²) in [7, 11) is 0. The number of hydrogen-bond acceptors (Lipinski definition) is 2. The summed E-state index contributed by atoms with van der Waals surface area (Å²) in [5.41, 5.74) is 0.791. The van der Waals surface area contributed by atoms with Crippen LogP contribution in [0, 0.1) is 17.8 Å². The second-order valence-electron chi connectivity index (χ2n) is 6.56. The van der Waals surface area contributed by atoms with Gasteiger partial charge in [-0.15, -0.1) is 0 Å². The normalized spacial score (nSPS) is 28.6. The second-order valence-corrected chi connectivity index (χ2v) is 7.00. The van der Waals surface area contributed by atoms with Gasteiger partial charge in [0, 0.05) is 16.8 Å². The molecule has 2 aliphatic rings. The minimum absolute atomic E-state index is 0.00679.